The molecule has 1 aromatic rings. The van der Waals surface area contributed by atoms with E-state index in [9.17, 15) is 9.59 Å². The third kappa shape index (κ3) is 3.23. The van der Waals surface area contributed by atoms with E-state index in [1.807, 2.05) is 0 Å². The molecule has 1 amide bonds. The first-order chi connectivity index (χ1) is 9.61. The van der Waals surface area contributed by atoms with Gasteiger partial charge in [-0.3, -0.25) is 9.78 Å². The minimum Gasteiger partial charge on any atom is -0.478 e. The van der Waals surface area contributed by atoms with Gasteiger partial charge in [0.05, 0.1) is 0 Å². The van der Waals surface area contributed by atoms with E-state index in [1.54, 1.807) is 23.2 Å². The van der Waals surface area contributed by atoms with Crippen molar-refractivity contribution < 1.29 is 14.7 Å². The van der Waals surface area contributed by atoms with Crippen LogP contribution < -0.4 is 0 Å². The highest BCUT2D eigenvalue weighted by Gasteiger charge is 2.27. The molecule has 0 spiro atoms. The number of amides is 1. The second kappa shape index (κ2) is 6.32. The van der Waals surface area contributed by atoms with E-state index >= 15 is 0 Å². The molecular weight excluding hydrogens is 256 g/mol. The molecule has 1 unspecified atom stereocenters. The van der Waals surface area contributed by atoms with Gasteiger partial charge in [-0.2, -0.15) is 0 Å². The van der Waals surface area contributed by atoms with E-state index in [1.165, 1.54) is 6.08 Å². The van der Waals surface area contributed by atoms with Crippen molar-refractivity contribution in [2.24, 2.45) is 5.92 Å². The van der Waals surface area contributed by atoms with Gasteiger partial charge in [-0.1, -0.05) is 19.4 Å². The zero-order chi connectivity index (χ0) is 14.5. The van der Waals surface area contributed by atoms with E-state index in [-0.39, 0.29) is 5.91 Å². The van der Waals surface area contributed by atoms with Crippen molar-refractivity contribution in [2.45, 2.75) is 19.8 Å². The third-order valence-electron chi connectivity index (χ3n) is 3.60. The summed E-state index contributed by atoms with van der Waals surface area (Å²) < 4.78 is 0. The molecule has 1 aromatic heterocycles. The fraction of sp³-hybridized carbons (Fsp3) is 0.400. The Hall–Kier alpha value is -2.17. The minimum atomic E-state index is -1.04. The van der Waals surface area contributed by atoms with Crippen molar-refractivity contribution in [1.82, 2.24) is 9.88 Å². The maximum absolute atomic E-state index is 12.5. The molecule has 106 valence electrons. The highest BCUT2D eigenvalue weighted by Crippen LogP contribution is 2.21. The number of nitrogens with zero attached hydrogens (tertiary/aromatic N) is 2. The van der Waals surface area contributed by atoms with Gasteiger partial charge in [0.15, 0.2) is 0 Å². The summed E-state index contributed by atoms with van der Waals surface area (Å²) in [7, 11) is 0. The number of hydrogen-bond acceptors (Lipinski definition) is 3. The number of carbonyl (C=O) groups excluding carboxylic acids is 1. The first kappa shape index (κ1) is 14.2. The summed E-state index contributed by atoms with van der Waals surface area (Å²) in [4.78, 5) is 29.0. The second-order valence-electron chi connectivity index (χ2n) is 4.93. The zero-order valence-corrected chi connectivity index (χ0v) is 11.5. The van der Waals surface area contributed by atoms with Crippen LogP contribution in [0.25, 0.3) is 6.08 Å². The van der Waals surface area contributed by atoms with Crippen molar-refractivity contribution in [1.29, 1.82) is 0 Å². The quantitative estimate of drug-likeness (QED) is 0.853. The van der Waals surface area contributed by atoms with Crippen LogP contribution in [0, 0.1) is 5.92 Å². The Labute approximate surface area is 117 Å². The number of rotatable bonds is 4. The summed E-state index contributed by atoms with van der Waals surface area (Å²) in [6, 6.07) is 3.39. The molecule has 1 fully saturated rings. The molecule has 1 saturated heterocycles. The fourth-order valence-electron chi connectivity index (χ4n) is 2.39. The van der Waals surface area contributed by atoms with Crippen LogP contribution in [-0.4, -0.2) is 40.0 Å². The molecule has 0 saturated carbocycles. The van der Waals surface area contributed by atoms with Crippen LogP contribution in [-0.2, 0) is 4.79 Å². The number of likely N-dealkylation sites (tertiary alicyclic amines) is 1. The van der Waals surface area contributed by atoms with Gasteiger partial charge >= 0.3 is 5.97 Å². The Balaban J connectivity index is 2.20. The number of pyridine rings is 1. The lowest BCUT2D eigenvalue weighted by molar-refractivity contribution is -0.131. The van der Waals surface area contributed by atoms with Crippen molar-refractivity contribution in [3.63, 3.8) is 0 Å². The molecule has 5 nitrogen and oxygen atoms in total. The van der Waals surface area contributed by atoms with E-state index in [0.29, 0.717) is 17.2 Å². The standard InChI is InChI=1S/C15H18N2O3/c1-2-11-7-9-17(10-11)15(20)14-12(4-3-8-16-14)5-6-13(18)19/h3-6,8,11H,2,7,9-10H2,1H3,(H,18,19)/b6-5+. The molecule has 1 N–H and O–H groups in total. The number of aromatic nitrogens is 1. The number of hydrogen-bond donors (Lipinski definition) is 1. The molecule has 1 aliphatic heterocycles. The Morgan fingerprint density at radius 2 is 2.35 bits per heavy atom. The average molecular weight is 274 g/mol. The van der Waals surface area contributed by atoms with Gasteiger partial charge in [-0.15, -0.1) is 0 Å². The van der Waals surface area contributed by atoms with Crippen LogP contribution in [0.15, 0.2) is 24.4 Å². The summed E-state index contributed by atoms with van der Waals surface area (Å²) in [5.41, 5.74) is 0.863. The fourth-order valence-corrected chi connectivity index (χ4v) is 2.39. The van der Waals surface area contributed by atoms with E-state index in [4.69, 9.17) is 5.11 Å². The Morgan fingerprint density at radius 3 is 3.00 bits per heavy atom. The molecule has 0 radical (unpaired) electrons. The van der Waals surface area contributed by atoms with Crippen LogP contribution >= 0.6 is 0 Å². The second-order valence-corrected chi connectivity index (χ2v) is 4.93. The van der Waals surface area contributed by atoms with Crippen LogP contribution in [0.1, 0.15) is 35.8 Å². The zero-order valence-electron chi connectivity index (χ0n) is 11.5. The molecule has 0 aromatic carbocycles. The van der Waals surface area contributed by atoms with Gasteiger partial charge in [0.1, 0.15) is 5.69 Å². The SMILES string of the molecule is CCC1CCN(C(=O)c2ncccc2/C=C/C(=O)O)C1. The summed E-state index contributed by atoms with van der Waals surface area (Å²) in [5.74, 6) is -0.605. The monoisotopic (exact) mass is 274 g/mol. The van der Waals surface area contributed by atoms with E-state index in [0.717, 1.165) is 32.0 Å². The minimum absolute atomic E-state index is 0.119. The van der Waals surface area contributed by atoms with Crippen molar-refractivity contribution in [3.8, 4) is 0 Å². The smallest absolute Gasteiger partial charge is 0.328 e. The number of aliphatic carboxylic acids is 1. The predicted molar refractivity (Wildman–Crippen MR) is 75.2 cm³/mol. The molecular formula is C15H18N2O3. The highest BCUT2D eigenvalue weighted by molar-refractivity contribution is 5.97. The number of carbonyl (C=O) groups is 2. The summed E-state index contributed by atoms with van der Waals surface area (Å²) in [5, 5.41) is 8.68. The van der Waals surface area contributed by atoms with Gasteiger partial charge < -0.3 is 10.0 Å². The maximum atomic E-state index is 12.5. The molecule has 0 aliphatic carbocycles. The summed E-state index contributed by atoms with van der Waals surface area (Å²) in [6.45, 7) is 3.63. The molecule has 20 heavy (non-hydrogen) atoms. The molecule has 1 atom stereocenters. The number of carboxylic acid groups (broad SMARTS) is 1. The van der Waals surface area contributed by atoms with Crippen LogP contribution in [0.4, 0.5) is 0 Å². The molecule has 2 rings (SSSR count). The lowest BCUT2D eigenvalue weighted by atomic mass is 10.1. The predicted octanol–water partition coefficient (Wildman–Crippen LogP) is 2.05. The van der Waals surface area contributed by atoms with Gasteiger partial charge in [-0.25, -0.2) is 4.79 Å². The largest absolute Gasteiger partial charge is 0.478 e. The van der Waals surface area contributed by atoms with Crippen LogP contribution in [0.2, 0.25) is 0 Å². The Bertz CT molecular complexity index is 540. The highest BCUT2D eigenvalue weighted by atomic mass is 16.4. The molecule has 2 heterocycles. The van der Waals surface area contributed by atoms with Gasteiger partial charge in [0.2, 0.25) is 0 Å². The van der Waals surface area contributed by atoms with Gasteiger partial charge in [0, 0.05) is 30.9 Å². The van der Waals surface area contributed by atoms with E-state index < -0.39 is 5.97 Å². The normalized spacial score (nSPS) is 18.6. The first-order valence-electron chi connectivity index (χ1n) is 6.77. The summed E-state index contributed by atoms with van der Waals surface area (Å²) in [6.07, 6.45) is 6.08. The lowest BCUT2D eigenvalue weighted by Gasteiger charge is -2.16. The van der Waals surface area contributed by atoms with Crippen molar-refractivity contribution in [3.05, 3.63) is 35.7 Å². The topological polar surface area (TPSA) is 70.5 Å². The first-order valence-corrected chi connectivity index (χ1v) is 6.77. The van der Waals surface area contributed by atoms with Crippen molar-refractivity contribution in [2.75, 3.05) is 13.1 Å². The van der Waals surface area contributed by atoms with Gasteiger partial charge in [0.25, 0.3) is 5.91 Å². The summed E-state index contributed by atoms with van der Waals surface area (Å²) >= 11 is 0. The van der Waals surface area contributed by atoms with Gasteiger partial charge in [-0.05, 0) is 24.5 Å². The van der Waals surface area contributed by atoms with Crippen LogP contribution in [0.3, 0.4) is 0 Å². The van der Waals surface area contributed by atoms with E-state index in [2.05, 4.69) is 11.9 Å². The maximum Gasteiger partial charge on any atom is 0.328 e. The Kier molecular flexibility index (Phi) is 4.50. The van der Waals surface area contributed by atoms with Crippen LogP contribution in [0.5, 0.6) is 0 Å². The molecule has 0 bridgehead atoms. The molecule has 5 heteroatoms. The number of carboxylic acids is 1. The molecule has 1 aliphatic rings. The third-order valence-corrected chi connectivity index (χ3v) is 3.60. The average Bonchev–Trinajstić information content (AvgIpc) is 2.93. The lowest BCUT2D eigenvalue weighted by Crippen LogP contribution is -2.30. The Morgan fingerprint density at radius 1 is 1.55 bits per heavy atom. The van der Waals surface area contributed by atoms with Crippen molar-refractivity contribution >= 4 is 18.0 Å².